The first-order valence-corrected chi connectivity index (χ1v) is 5.90. The number of halogens is 1. The fourth-order valence-electron chi connectivity index (χ4n) is 1.64. The number of carbonyl (C=O) groups is 1. The Hall–Kier alpha value is -0.805. The first-order valence-electron chi connectivity index (χ1n) is 5.10. The van der Waals surface area contributed by atoms with Crippen LogP contribution in [-0.4, -0.2) is 45.0 Å². The van der Waals surface area contributed by atoms with Gasteiger partial charge >= 0.3 is 0 Å². The van der Waals surface area contributed by atoms with Crippen molar-refractivity contribution >= 4 is 35.1 Å². The van der Waals surface area contributed by atoms with Gasteiger partial charge in [0.2, 0.25) is 0 Å². The summed E-state index contributed by atoms with van der Waals surface area (Å²) in [5, 5.41) is 0. The second-order valence-electron chi connectivity index (χ2n) is 3.64. The monoisotopic (exact) mass is 279 g/mol. The van der Waals surface area contributed by atoms with E-state index in [1.54, 1.807) is 23.1 Å². The summed E-state index contributed by atoms with van der Waals surface area (Å²) in [6, 6.07) is 5.26. The Morgan fingerprint density at radius 1 is 1.38 bits per heavy atom. The van der Waals surface area contributed by atoms with Crippen LogP contribution in [0.3, 0.4) is 0 Å². The van der Waals surface area contributed by atoms with E-state index in [2.05, 4.69) is 15.9 Å². The summed E-state index contributed by atoms with van der Waals surface area (Å²) in [6.07, 6.45) is 0. The standard InChI is InChI=1S/C11H11BBrNO2/c12-8-1-2-10(13)9(7-8)11(15)14-3-5-16-6-4-14/h1-2,7H,3-6H2. The third-order valence-corrected chi connectivity index (χ3v) is 3.21. The molecule has 1 amide bonds. The highest BCUT2D eigenvalue weighted by molar-refractivity contribution is 9.10. The number of ether oxygens (including phenoxy) is 1. The molecule has 16 heavy (non-hydrogen) atoms. The van der Waals surface area contributed by atoms with E-state index in [0.29, 0.717) is 37.3 Å². The molecule has 0 bridgehead atoms. The molecule has 0 atom stereocenters. The van der Waals surface area contributed by atoms with Gasteiger partial charge in [-0.2, -0.15) is 0 Å². The third kappa shape index (κ3) is 2.47. The summed E-state index contributed by atoms with van der Waals surface area (Å²) in [6.45, 7) is 2.48. The first kappa shape index (κ1) is 11.7. The SMILES string of the molecule is [B]c1ccc(Br)c(C(=O)N2CCOCC2)c1. The average Bonchev–Trinajstić information content (AvgIpc) is 2.32. The molecule has 1 aromatic rings. The van der Waals surface area contributed by atoms with Gasteiger partial charge in [-0.05, 0) is 22.0 Å². The summed E-state index contributed by atoms with van der Waals surface area (Å²) in [4.78, 5) is 13.9. The van der Waals surface area contributed by atoms with Gasteiger partial charge in [-0.3, -0.25) is 4.79 Å². The molecule has 1 aliphatic heterocycles. The van der Waals surface area contributed by atoms with E-state index in [1.807, 2.05) is 0 Å². The van der Waals surface area contributed by atoms with Crippen molar-refractivity contribution in [1.82, 2.24) is 4.90 Å². The Labute approximate surface area is 104 Å². The molecule has 1 fully saturated rings. The van der Waals surface area contributed by atoms with E-state index in [-0.39, 0.29) is 5.91 Å². The smallest absolute Gasteiger partial charge is 0.255 e. The average molecular weight is 280 g/mol. The van der Waals surface area contributed by atoms with Crippen LogP contribution in [0.25, 0.3) is 0 Å². The molecular weight excluding hydrogens is 269 g/mol. The second kappa shape index (κ2) is 5.02. The Morgan fingerprint density at radius 2 is 2.06 bits per heavy atom. The molecule has 5 heteroatoms. The quantitative estimate of drug-likeness (QED) is 0.709. The Morgan fingerprint density at radius 3 is 2.75 bits per heavy atom. The molecule has 1 aliphatic rings. The zero-order valence-corrected chi connectivity index (χ0v) is 10.4. The van der Waals surface area contributed by atoms with Crippen LogP contribution in [0.4, 0.5) is 0 Å². The maximum Gasteiger partial charge on any atom is 0.255 e. The van der Waals surface area contributed by atoms with Crippen molar-refractivity contribution in [3.8, 4) is 0 Å². The minimum absolute atomic E-state index is 0.00229. The van der Waals surface area contributed by atoms with Crippen LogP contribution in [0.1, 0.15) is 10.4 Å². The molecule has 0 aliphatic carbocycles. The van der Waals surface area contributed by atoms with Crippen LogP contribution in [0.2, 0.25) is 0 Å². The molecule has 0 saturated carbocycles. The number of carbonyl (C=O) groups excluding carboxylic acids is 1. The van der Waals surface area contributed by atoms with Gasteiger partial charge in [-0.15, -0.1) is 0 Å². The van der Waals surface area contributed by atoms with Crippen LogP contribution in [-0.2, 0) is 4.74 Å². The van der Waals surface area contributed by atoms with Gasteiger partial charge in [0.25, 0.3) is 5.91 Å². The number of hydrogen-bond acceptors (Lipinski definition) is 2. The zero-order chi connectivity index (χ0) is 11.5. The number of benzene rings is 1. The van der Waals surface area contributed by atoms with Gasteiger partial charge in [0, 0.05) is 17.6 Å². The lowest BCUT2D eigenvalue weighted by Gasteiger charge is -2.27. The Balaban J connectivity index is 2.22. The van der Waals surface area contributed by atoms with Crippen molar-refractivity contribution in [3.63, 3.8) is 0 Å². The van der Waals surface area contributed by atoms with Gasteiger partial charge in [-0.1, -0.05) is 17.6 Å². The van der Waals surface area contributed by atoms with Gasteiger partial charge in [0.1, 0.15) is 7.85 Å². The van der Waals surface area contributed by atoms with Crippen molar-refractivity contribution in [2.24, 2.45) is 0 Å². The molecule has 1 heterocycles. The van der Waals surface area contributed by atoms with Crippen LogP contribution in [0.15, 0.2) is 22.7 Å². The van der Waals surface area contributed by atoms with Gasteiger partial charge in [0.15, 0.2) is 0 Å². The number of hydrogen-bond donors (Lipinski definition) is 0. The first-order chi connectivity index (χ1) is 7.68. The molecular formula is C11H11BBrNO2. The van der Waals surface area contributed by atoms with Crippen LogP contribution >= 0.6 is 15.9 Å². The van der Waals surface area contributed by atoms with Crippen LogP contribution in [0, 0.1) is 0 Å². The fourth-order valence-corrected chi connectivity index (χ4v) is 2.06. The Bertz CT molecular complexity index is 405. The molecule has 82 valence electrons. The van der Waals surface area contributed by atoms with Crippen molar-refractivity contribution in [1.29, 1.82) is 0 Å². The maximum absolute atomic E-state index is 12.2. The van der Waals surface area contributed by atoms with Gasteiger partial charge in [0.05, 0.1) is 18.8 Å². The van der Waals surface area contributed by atoms with E-state index in [1.165, 1.54) is 0 Å². The fraction of sp³-hybridized carbons (Fsp3) is 0.364. The topological polar surface area (TPSA) is 29.5 Å². The predicted molar refractivity (Wildman–Crippen MR) is 66.3 cm³/mol. The number of rotatable bonds is 1. The lowest BCUT2D eigenvalue weighted by molar-refractivity contribution is 0.0302. The van der Waals surface area contributed by atoms with E-state index in [9.17, 15) is 4.79 Å². The highest BCUT2D eigenvalue weighted by Gasteiger charge is 2.20. The molecule has 3 nitrogen and oxygen atoms in total. The summed E-state index contributed by atoms with van der Waals surface area (Å²) in [5.41, 5.74) is 1.21. The molecule has 2 rings (SSSR count). The highest BCUT2D eigenvalue weighted by Crippen LogP contribution is 2.17. The largest absolute Gasteiger partial charge is 0.378 e. The molecule has 1 aromatic carbocycles. The summed E-state index contributed by atoms with van der Waals surface area (Å²) in [7, 11) is 5.68. The lowest BCUT2D eigenvalue weighted by atomic mass is 9.94. The normalized spacial score (nSPS) is 16.2. The highest BCUT2D eigenvalue weighted by atomic mass is 79.9. The maximum atomic E-state index is 12.2. The number of morpholine rings is 1. The van der Waals surface area contributed by atoms with Crippen molar-refractivity contribution in [3.05, 3.63) is 28.2 Å². The molecule has 0 aromatic heterocycles. The molecule has 0 spiro atoms. The molecule has 0 unspecified atom stereocenters. The van der Waals surface area contributed by atoms with Crippen LogP contribution < -0.4 is 5.46 Å². The van der Waals surface area contributed by atoms with Crippen LogP contribution in [0.5, 0.6) is 0 Å². The van der Waals surface area contributed by atoms with E-state index < -0.39 is 0 Å². The van der Waals surface area contributed by atoms with E-state index >= 15 is 0 Å². The number of amides is 1. The minimum atomic E-state index is 0.00229. The van der Waals surface area contributed by atoms with Gasteiger partial charge in [-0.25, -0.2) is 0 Å². The van der Waals surface area contributed by atoms with Gasteiger partial charge < -0.3 is 9.64 Å². The van der Waals surface area contributed by atoms with Crippen molar-refractivity contribution < 1.29 is 9.53 Å². The molecule has 0 N–H and O–H groups in total. The summed E-state index contributed by atoms with van der Waals surface area (Å²) < 4.78 is 5.99. The third-order valence-electron chi connectivity index (χ3n) is 2.52. The van der Waals surface area contributed by atoms with Crippen molar-refractivity contribution in [2.75, 3.05) is 26.3 Å². The van der Waals surface area contributed by atoms with E-state index in [4.69, 9.17) is 12.6 Å². The number of nitrogens with zero attached hydrogens (tertiary/aromatic N) is 1. The van der Waals surface area contributed by atoms with E-state index in [0.717, 1.165) is 4.47 Å². The molecule has 2 radical (unpaired) electrons. The summed E-state index contributed by atoms with van der Waals surface area (Å²) in [5.74, 6) is 0.00229. The second-order valence-corrected chi connectivity index (χ2v) is 4.50. The zero-order valence-electron chi connectivity index (χ0n) is 8.78. The predicted octanol–water partition coefficient (Wildman–Crippen LogP) is 0.715. The lowest BCUT2D eigenvalue weighted by Crippen LogP contribution is -2.41. The molecule has 1 saturated heterocycles. The minimum Gasteiger partial charge on any atom is -0.378 e. The van der Waals surface area contributed by atoms with Crippen molar-refractivity contribution in [2.45, 2.75) is 0 Å². The Kier molecular flexibility index (Phi) is 3.66. The summed E-state index contributed by atoms with van der Waals surface area (Å²) >= 11 is 3.36.